The van der Waals surface area contributed by atoms with E-state index in [9.17, 15) is 29.7 Å². The lowest BCUT2D eigenvalue weighted by Gasteiger charge is -2.19. The first-order valence-corrected chi connectivity index (χ1v) is 9.34. The average Bonchev–Trinajstić information content (AvgIpc) is 2.68. The zero-order valence-corrected chi connectivity index (χ0v) is 17.4. The molecule has 0 unspecified atom stereocenters. The summed E-state index contributed by atoms with van der Waals surface area (Å²) in [5.41, 5.74) is 0.260. The minimum Gasteiger partial charge on any atom is -0.504 e. The minimum atomic E-state index is -0.719. The minimum absolute atomic E-state index is 0.0250. The van der Waals surface area contributed by atoms with Crippen molar-refractivity contribution in [2.75, 3.05) is 11.9 Å². The summed E-state index contributed by atoms with van der Waals surface area (Å²) in [6.07, 6.45) is -0.719. The van der Waals surface area contributed by atoms with Gasteiger partial charge in [0.25, 0.3) is 5.91 Å². The second-order valence-corrected chi connectivity index (χ2v) is 7.61. The number of amides is 3. The number of carbonyl (C=O) groups is 3. The number of hydrogen-bond acceptors (Lipinski definition) is 7. The molecule has 2 aromatic carbocycles. The molecule has 6 N–H and O–H groups in total. The fourth-order valence-corrected chi connectivity index (χ4v) is 2.47. The lowest BCUT2D eigenvalue weighted by atomic mass is 10.1. The molecule has 0 saturated carbocycles. The molecule has 10 nitrogen and oxygen atoms in total. The molecule has 0 spiro atoms. The van der Waals surface area contributed by atoms with Crippen LogP contribution in [0.15, 0.2) is 36.4 Å². The Bertz CT molecular complexity index is 960. The molecule has 0 aliphatic heterocycles. The normalized spacial score (nSPS) is 10.8. The Morgan fingerprint density at radius 3 is 2.19 bits per heavy atom. The quantitative estimate of drug-likeness (QED) is 0.383. The number of ether oxygens (including phenoxy) is 1. The van der Waals surface area contributed by atoms with E-state index >= 15 is 0 Å². The summed E-state index contributed by atoms with van der Waals surface area (Å²) in [5.74, 6) is -3.08. The van der Waals surface area contributed by atoms with Gasteiger partial charge in [-0.3, -0.25) is 9.59 Å². The van der Waals surface area contributed by atoms with Gasteiger partial charge < -0.3 is 36.0 Å². The second-order valence-electron chi connectivity index (χ2n) is 7.61. The molecule has 0 aliphatic carbocycles. The van der Waals surface area contributed by atoms with Gasteiger partial charge in [0.05, 0.1) is 0 Å². The Morgan fingerprint density at radius 1 is 0.968 bits per heavy atom. The van der Waals surface area contributed by atoms with Crippen molar-refractivity contribution in [2.24, 2.45) is 0 Å². The van der Waals surface area contributed by atoms with Gasteiger partial charge in [0.15, 0.2) is 17.2 Å². The van der Waals surface area contributed by atoms with E-state index in [-0.39, 0.29) is 18.7 Å². The molecule has 0 heterocycles. The topological polar surface area (TPSA) is 157 Å². The number of anilines is 1. The molecule has 0 saturated heterocycles. The zero-order chi connectivity index (χ0) is 23.2. The van der Waals surface area contributed by atoms with Crippen LogP contribution in [0.2, 0.25) is 0 Å². The van der Waals surface area contributed by atoms with Gasteiger partial charge in [-0.15, -0.1) is 0 Å². The van der Waals surface area contributed by atoms with E-state index in [2.05, 4.69) is 16.0 Å². The Labute approximate surface area is 178 Å². The molecule has 0 bridgehead atoms. The predicted molar refractivity (Wildman–Crippen MR) is 112 cm³/mol. The second kappa shape index (κ2) is 9.70. The molecule has 166 valence electrons. The van der Waals surface area contributed by atoms with Crippen LogP contribution in [0.3, 0.4) is 0 Å². The van der Waals surface area contributed by atoms with Crippen LogP contribution in [0.1, 0.15) is 36.7 Å². The third-order valence-electron chi connectivity index (χ3n) is 3.85. The number of para-hydroxylation sites is 1. The van der Waals surface area contributed by atoms with Gasteiger partial charge in [-0.2, -0.15) is 0 Å². The van der Waals surface area contributed by atoms with Crippen LogP contribution in [-0.2, 0) is 16.1 Å². The molecule has 2 aromatic rings. The van der Waals surface area contributed by atoms with E-state index in [1.807, 2.05) is 0 Å². The summed E-state index contributed by atoms with van der Waals surface area (Å²) in [6.45, 7) is 4.84. The van der Waals surface area contributed by atoms with Crippen LogP contribution >= 0.6 is 0 Å². The van der Waals surface area contributed by atoms with Crippen molar-refractivity contribution in [3.63, 3.8) is 0 Å². The lowest BCUT2D eigenvalue weighted by molar-refractivity contribution is -0.115. The highest BCUT2D eigenvalue weighted by atomic mass is 16.6. The summed E-state index contributed by atoms with van der Waals surface area (Å²) >= 11 is 0. The van der Waals surface area contributed by atoms with Crippen LogP contribution in [0.25, 0.3) is 0 Å². The van der Waals surface area contributed by atoms with Crippen molar-refractivity contribution in [3.8, 4) is 17.2 Å². The third kappa shape index (κ3) is 7.11. The van der Waals surface area contributed by atoms with Crippen molar-refractivity contribution in [1.82, 2.24) is 10.6 Å². The average molecular weight is 431 g/mol. The molecule has 0 atom stereocenters. The summed E-state index contributed by atoms with van der Waals surface area (Å²) in [6, 6.07) is 8.75. The van der Waals surface area contributed by atoms with Gasteiger partial charge in [0.1, 0.15) is 12.1 Å². The highest BCUT2D eigenvalue weighted by Gasteiger charge is 2.17. The Hall–Kier alpha value is -3.95. The molecular weight excluding hydrogens is 406 g/mol. The Balaban J connectivity index is 1.97. The molecule has 0 aromatic heterocycles. The van der Waals surface area contributed by atoms with Gasteiger partial charge in [0, 0.05) is 17.8 Å². The van der Waals surface area contributed by atoms with Crippen LogP contribution in [0.5, 0.6) is 17.2 Å². The maximum absolute atomic E-state index is 12.3. The summed E-state index contributed by atoms with van der Waals surface area (Å²) in [4.78, 5) is 36.1. The van der Waals surface area contributed by atoms with Crippen molar-refractivity contribution in [2.45, 2.75) is 32.9 Å². The first kappa shape index (κ1) is 23.3. The van der Waals surface area contributed by atoms with Crippen molar-refractivity contribution in [1.29, 1.82) is 0 Å². The standard InChI is InChI=1S/C21H25N3O7/c1-21(2,3)31-20(30)23-11-17(27)24-14-7-5-4-6-12(14)10-22-19(29)13-8-15(25)18(28)16(26)9-13/h4-9,25-26,28H,10-11H2,1-3H3,(H,22,29)(H,23,30)(H,24,27). The number of hydrogen-bond donors (Lipinski definition) is 6. The van der Waals surface area contributed by atoms with Gasteiger partial charge in [-0.1, -0.05) is 18.2 Å². The van der Waals surface area contributed by atoms with E-state index < -0.39 is 40.8 Å². The van der Waals surface area contributed by atoms with Crippen LogP contribution in [0, 0.1) is 0 Å². The third-order valence-corrected chi connectivity index (χ3v) is 3.85. The first-order valence-electron chi connectivity index (χ1n) is 9.34. The molecule has 0 aliphatic rings. The molecule has 0 radical (unpaired) electrons. The fraction of sp³-hybridized carbons (Fsp3) is 0.286. The number of phenols is 3. The lowest BCUT2D eigenvalue weighted by Crippen LogP contribution is -2.37. The maximum atomic E-state index is 12.3. The molecule has 10 heteroatoms. The number of rotatable bonds is 6. The molecular formula is C21H25N3O7. The number of nitrogens with one attached hydrogen (secondary N) is 3. The number of benzene rings is 2. The van der Waals surface area contributed by atoms with E-state index in [1.54, 1.807) is 45.0 Å². The molecule has 2 rings (SSSR count). The summed E-state index contributed by atoms with van der Waals surface area (Å²) in [5, 5.41) is 36.0. The van der Waals surface area contributed by atoms with Gasteiger partial charge in [-0.25, -0.2) is 4.79 Å². The highest BCUT2D eigenvalue weighted by molar-refractivity contribution is 5.96. The largest absolute Gasteiger partial charge is 0.504 e. The van der Waals surface area contributed by atoms with Gasteiger partial charge in [-0.05, 0) is 44.5 Å². The Morgan fingerprint density at radius 2 is 1.58 bits per heavy atom. The van der Waals surface area contributed by atoms with E-state index in [1.165, 1.54) is 0 Å². The van der Waals surface area contributed by atoms with Crippen LogP contribution < -0.4 is 16.0 Å². The van der Waals surface area contributed by atoms with Crippen molar-refractivity contribution in [3.05, 3.63) is 47.5 Å². The zero-order valence-electron chi connectivity index (χ0n) is 17.4. The summed E-state index contributed by atoms with van der Waals surface area (Å²) in [7, 11) is 0. The predicted octanol–water partition coefficient (Wildman–Crippen LogP) is 2.20. The number of phenolic OH excluding ortho intramolecular Hbond substituents is 3. The summed E-state index contributed by atoms with van der Waals surface area (Å²) < 4.78 is 5.06. The fourth-order valence-electron chi connectivity index (χ4n) is 2.47. The molecule has 0 fully saturated rings. The maximum Gasteiger partial charge on any atom is 0.408 e. The van der Waals surface area contributed by atoms with Gasteiger partial charge >= 0.3 is 6.09 Å². The number of carbonyl (C=O) groups excluding carboxylic acids is 3. The Kier molecular flexibility index (Phi) is 7.30. The number of alkyl carbamates (subject to hydrolysis) is 1. The van der Waals surface area contributed by atoms with E-state index in [0.717, 1.165) is 12.1 Å². The van der Waals surface area contributed by atoms with Crippen LogP contribution in [-0.4, -0.2) is 45.4 Å². The number of aromatic hydroxyl groups is 3. The van der Waals surface area contributed by atoms with Crippen molar-refractivity contribution < 1.29 is 34.4 Å². The van der Waals surface area contributed by atoms with Gasteiger partial charge in [0.2, 0.25) is 5.91 Å². The van der Waals surface area contributed by atoms with Crippen LogP contribution in [0.4, 0.5) is 10.5 Å². The van der Waals surface area contributed by atoms with E-state index in [0.29, 0.717) is 11.3 Å². The monoisotopic (exact) mass is 431 g/mol. The SMILES string of the molecule is CC(C)(C)OC(=O)NCC(=O)Nc1ccccc1CNC(=O)c1cc(O)c(O)c(O)c1. The van der Waals surface area contributed by atoms with E-state index in [4.69, 9.17) is 4.74 Å². The molecule has 31 heavy (non-hydrogen) atoms. The highest BCUT2D eigenvalue weighted by Crippen LogP contribution is 2.35. The smallest absolute Gasteiger partial charge is 0.408 e. The molecule has 3 amide bonds. The first-order chi connectivity index (χ1) is 14.5. The van der Waals surface area contributed by atoms with Crippen molar-refractivity contribution >= 4 is 23.6 Å².